The van der Waals surface area contributed by atoms with Crippen LogP contribution in [0.3, 0.4) is 0 Å². The summed E-state index contributed by atoms with van der Waals surface area (Å²) in [6.45, 7) is 7.51. The van der Waals surface area contributed by atoms with Crippen LogP contribution in [0.1, 0.15) is 32.4 Å². The summed E-state index contributed by atoms with van der Waals surface area (Å²) in [7, 11) is 0. The number of carbonyl (C=O) groups excluding carboxylic acids is 1. The van der Waals surface area contributed by atoms with Gasteiger partial charge in [-0.25, -0.2) is 4.79 Å². The molecule has 0 saturated carbocycles. The van der Waals surface area contributed by atoms with E-state index in [9.17, 15) is 4.79 Å². The van der Waals surface area contributed by atoms with Gasteiger partial charge in [0.05, 0.1) is 35.3 Å². The SMILES string of the molecule is Cc1nc(-c2cc3ccccc3n2-c2ccc(CNC(=O)OC(C)(C)C)nc2)no1. The van der Waals surface area contributed by atoms with Gasteiger partial charge in [-0.2, -0.15) is 4.98 Å². The van der Waals surface area contributed by atoms with Crippen molar-refractivity contribution in [2.24, 2.45) is 0 Å². The first kappa shape index (κ1) is 19.6. The molecule has 4 aromatic rings. The van der Waals surface area contributed by atoms with Crippen molar-refractivity contribution in [3.63, 3.8) is 0 Å². The standard InChI is InChI=1S/C22H23N5O3/c1-14-25-20(26-30-14)19-11-15-7-5-6-8-18(15)27(19)17-10-9-16(23-13-17)12-24-21(28)29-22(2,3)4/h5-11,13H,12H2,1-4H3,(H,24,28). The Kier molecular flexibility index (Phi) is 4.99. The zero-order chi connectivity index (χ0) is 21.3. The summed E-state index contributed by atoms with van der Waals surface area (Å²) in [5, 5.41) is 7.85. The number of pyridine rings is 1. The van der Waals surface area contributed by atoms with Crippen LogP contribution in [0, 0.1) is 6.92 Å². The average Bonchev–Trinajstić information content (AvgIpc) is 3.29. The Bertz CT molecular complexity index is 1190. The van der Waals surface area contributed by atoms with Gasteiger partial charge in [0.25, 0.3) is 0 Å². The van der Waals surface area contributed by atoms with Crippen LogP contribution in [0.25, 0.3) is 28.1 Å². The zero-order valence-electron chi connectivity index (χ0n) is 17.3. The number of carbonyl (C=O) groups is 1. The minimum atomic E-state index is -0.541. The molecular formula is C22H23N5O3. The van der Waals surface area contributed by atoms with E-state index in [1.54, 1.807) is 13.1 Å². The highest BCUT2D eigenvalue weighted by Gasteiger charge is 2.18. The number of amides is 1. The lowest BCUT2D eigenvalue weighted by Crippen LogP contribution is -2.32. The van der Waals surface area contributed by atoms with Crippen molar-refractivity contribution in [3.8, 4) is 17.2 Å². The van der Waals surface area contributed by atoms with E-state index in [4.69, 9.17) is 9.26 Å². The summed E-state index contributed by atoms with van der Waals surface area (Å²) >= 11 is 0. The lowest BCUT2D eigenvalue weighted by atomic mass is 10.2. The number of hydrogen-bond acceptors (Lipinski definition) is 6. The molecule has 3 aromatic heterocycles. The Balaban J connectivity index is 1.62. The molecule has 0 aliphatic heterocycles. The van der Waals surface area contributed by atoms with Gasteiger partial charge in [-0.15, -0.1) is 0 Å². The molecule has 1 N–H and O–H groups in total. The molecule has 1 aromatic carbocycles. The molecule has 8 nitrogen and oxygen atoms in total. The number of benzene rings is 1. The van der Waals surface area contributed by atoms with E-state index >= 15 is 0 Å². The molecule has 0 fully saturated rings. The summed E-state index contributed by atoms with van der Waals surface area (Å²) in [6.07, 6.45) is 1.29. The number of nitrogens with one attached hydrogen (secondary N) is 1. The first-order valence-corrected chi connectivity index (χ1v) is 9.63. The van der Waals surface area contributed by atoms with E-state index in [0.717, 1.165) is 28.0 Å². The maximum atomic E-state index is 11.8. The van der Waals surface area contributed by atoms with E-state index < -0.39 is 11.7 Å². The third-order valence-electron chi connectivity index (χ3n) is 4.35. The molecule has 0 unspecified atom stereocenters. The molecule has 0 radical (unpaired) electrons. The predicted molar refractivity (Wildman–Crippen MR) is 112 cm³/mol. The maximum Gasteiger partial charge on any atom is 0.407 e. The molecule has 0 saturated heterocycles. The maximum absolute atomic E-state index is 11.8. The van der Waals surface area contributed by atoms with Crippen LogP contribution < -0.4 is 5.32 Å². The van der Waals surface area contributed by atoms with Gasteiger partial charge in [0, 0.05) is 12.3 Å². The smallest absolute Gasteiger partial charge is 0.407 e. The van der Waals surface area contributed by atoms with Gasteiger partial charge in [0.2, 0.25) is 11.7 Å². The van der Waals surface area contributed by atoms with Gasteiger partial charge in [0.15, 0.2) is 0 Å². The minimum absolute atomic E-state index is 0.276. The molecule has 4 rings (SSSR count). The lowest BCUT2D eigenvalue weighted by molar-refractivity contribution is 0.0523. The molecule has 0 aliphatic carbocycles. The van der Waals surface area contributed by atoms with Crippen molar-refractivity contribution in [2.45, 2.75) is 39.8 Å². The Morgan fingerprint density at radius 1 is 1.20 bits per heavy atom. The second kappa shape index (κ2) is 7.62. The monoisotopic (exact) mass is 405 g/mol. The molecular weight excluding hydrogens is 382 g/mol. The molecule has 3 heterocycles. The number of aryl methyl sites for hydroxylation is 1. The highest BCUT2D eigenvalue weighted by atomic mass is 16.6. The third kappa shape index (κ3) is 4.17. The third-order valence-corrected chi connectivity index (χ3v) is 4.35. The van der Waals surface area contributed by atoms with E-state index in [0.29, 0.717) is 11.7 Å². The summed E-state index contributed by atoms with van der Waals surface area (Å²) < 4.78 is 12.5. The van der Waals surface area contributed by atoms with Gasteiger partial charge in [-0.05, 0) is 45.0 Å². The van der Waals surface area contributed by atoms with Crippen molar-refractivity contribution in [1.82, 2.24) is 25.0 Å². The van der Waals surface area contributed by atoms with Crippen LogP contribution in [-0.2, 0) is 11.3 Å². The number of nitrogens with zero attached hydrogens (tertiary/aromatic N) is 4. The molecule has 0 bridgehead atoms. The fourth-order valence-electron chi connectivity index (χ4n) is 3.13. The lowest BCUT2D eigenvalue weighted by Gasteiger charge is -2.19. The van der Waals surface area contributed by atoms with Crippen LogP contribution in [-0.4, -0.2) is 31.4 Å². The number of ether oxygens (including phenoxy) is 1. The number of alkyl carbamates (subject to hydrolysis) is 1. The van der Waals surface area contributed by atoms with Crippen molar-refractivity contribution in [3.05, 3.63) is 60.2 Å². The quantitative estimate of drug-likeness (QED) is 0.540. The zero-order valence-corrected chi connectivity index (χ0v) is 17.3. The molecule has 30 heavy (non-hydrogen) atoms. The molecule has 1 amide bonds. The summed E-state index contributed by atoms with van der Waals surface area (Å²) in [6, 6.07) is 13.9. The van der Waals surface area contributed by atoms with E-state index in [1.807, 2.05) is 67.8 Å². The average molecular weight is 405 g/mol. The summed E-state index contributed by atoms with van der Waals surface area (Å²) in [5.74, 6) is 1.02. The Morgan fingerprint density at radius 3 is 2.67 bits per heavy atom. The van der Waals surface area contributed by atoms with Gasteiger partial charge in [-0.3, -0.25) is 4.98 Å². The largest absolute Gasteiger partial charge is 0.444 e. The number of aromatic nitrogens is 4. The Labute approximate surface area is 173 Å². The van der Waals surface area contributed by atoms with Crippen molar-refractivity contribution in [2.75, 3.05) is 0 Å². The molecule has 154 valence electrons. The van der Waals surface area contributed by atoms with E-state index in [1.165, 1.54) is 0 Å². The second-order valence-electron chi connectivity index (χ2n) is 7.92. The fourth-order valence-corrected chi connectivity index (χ4v) is 3.13. The van der Waals surface area contributed by atoms with E-state index in [-0.39, 0.29) is 6.54 Å². The number of para-hydroxylation sites is 1. The first-order chi connectivity index (χ1) is 14.3. The molecule has 0 atom stereocenters. The molecule has 8 heteroatoms. The van der Waals surface area contributed by atoms with Crippen molar-refractivity contribution >= 4 is 17.0 Å². The highest BCUT2D eigenvalue weighted by molar-refractivity contribution is 5.88. The fraction of sp³-hybridized carbons (Fsp3) is 0.273. The van der Waals surface area contributed by atoms with Crippen LogP contribution >= 0.6 is 0 Å². The van der Waals surface area contributed by atoms with Crippen molar-refractivity contribution in [1.29, 1.82) is 0 Å². The number of rotatable bonds is 4. The topological polar surface area (TPSA) is 95.1 Å². The van der Waals surface area contributed by atoms with Gasteiger partial charge < -0.3 is 19.1 Å². The Hall–Kier alpha value is -3.68. The van der Waals surface area contributed by atoms with Crippen molar-refractivity contribution < 1.29 is 14.1 Å². The minimum Gasteiger partial charge on any atom is -0.444 e. The Morgan fingerprint density at radius 2 is 2.00 bits per heavy atom. The second-order valence-corrected chi connectivity index (χ2v) is 7.92. The highest BCUT2D eigenvalue weighted by Crippen LogP contribution is 2.29. The van der Waals surface area contributed by atoms with Gasteiger partial charge >= 0.3 is 6.09 Å². The summed E-state index contributed by atoms with van der Waals surface area (Å²) in [4.78, 5) is 20.7. The van der Waals surface area contributed by atoms with Gasteiger partial charge in [0.1, 0.15) is 5.60 Å². The van der Waals surface area contributed by atoms with Crippen LogP contribution in [0.2, 0.25) is 0 Å². The number of hydrogen-bond donors (Lipinski definition) is 1. The van der Waals surface area contributed by atoms with Gasteiger partial charge in [-0.1, -0.05) is 23.4 Å². The first-order valence-electron chi connectivity index (χ1n) is 9.63. The van der Waals surface area contributed by atoms with Crippen LogP contribution in [0.5, 0.6) is 0 Å². The predicted octanol–water partition coefficient (Wildman–Crippen LogP) is 4.41. The normalized spacial score (nSPS) is 11.6. The van der Waals surface area contributed by atoms with Crippen LogP contribution in [0.4, 0.5) is 4.79 Å². The molecule has 0 spiro atoms. The number of fused-ring (bicyclic) bond motifs is 1. The van der Waals surface area contributed by atoms with E-state index in [2.05, 4.69) is 20.4 Å². The summed E-state index contributed by atoms with van der Waals surface area (Å²) in [5.41, 5.74) is 2.86. The van der Waals surface area contributed by atoms with Crippen LogP contribution in [0.15, 0.2) is 53.2 Å². The molecule has 0 aliphatic rings.